The fourth-order valence-corrected chi connectivity index (χ4v) is 2.91. The molecular weight excluding hydrogens is 360 g/mol. The number of carbonyl (C=O) groups is 1. The number of amides is 1. The Bertz CT molecular complexity index is 836. The molecule has 0 atom stereocenters. The molecule has 2 heterocycles. The highest BCUT2D eigenvalue weighted by atomic mass is 32.1. The van der Waals surface area contributed by atoms with E-state index in [2.05, 4.69) is 27.6 Å². The molecule has 0 aliphatic rings. The Morgan fingerprint density at radius 1 is 1.07 bits per heavy atom. The number of carbonyl (C=O) groups excluding carboxylic acids is 1. The van der Waals surface area contributed by atoms with Crippen molar-refractivity contribution in [2.24, 2.45) is 5.92 Å². The summed E-state index contributed by atoms with van der Waals surface area (Å²) in [5.41, 5.74) is 2.40. The molecule has 3 rings (SSSR count). The van der Waals surface area contributed by atoms with Gasteiger partial charge < -0.3 is 9.64 Å². The maximum atomic E-state index is 12.8. The van der Waals surface area contributed by atoms with E-state index < -0.39 is 0 Å². The highest BCUT2D eigenvalue weighted by Gasteiger charge is 2.19. The molecule has 2 aromatic heterocycles. The number of hydrogen-bond donors (Lipinski definition) is 0. The zero-order valence-corrected chi connectivity index (χ0v) is 16.2. The van der Waals surface area contributed by atoms with Gasteiger partial charge in [0.1, 0.15) is 5.75 Å². The second-order valence-electron chi connectivity index (χ2n) is 6.66. The molecule has 0 spiro atoms. The van der Waals surface area contributed by atoms with E-state index in [-0.39, 0.29) is 5.91 Å². The van der Waals surface area contributed by atoms with Crippen molar-refractivity contribution in [1.82, 2.24) is 18.6 Å². The number of aromatic nitrogens is 3. The van der Waals surface area contributed by atoms with E-state index in [4.69, 9.17) is 4.74 Å². The Hall–Kier alpha value is -2.80. The van der Waals surface area contributed by atoms with Gasteiger partial charge in [0.2, 0.25) is 0 Å². The summed E-state index contributed by atoms with van der Waals surface area (Å²) in [6.07, 6.45) is 4.96. The standard InChI is InChI=1S/C20H22N4O2S/c1-15(2)14-26-18-5-3-16(4-6-18)12-24(13-17-7-9-21-10-8-17)20(25)19-11-22-27-23-19/h3-11,15H,12-14H2,1-2H3. The predicted molar refractivity (Wildman–Crippen MR) is 104 cm³/mol. The summed E-state index contributed by atoms with van der Waals surface area (Å²) < 4.78 is 13.7. The summed E-state index contributed by atoms with van der Waals surface area (Å²) in [4.78, 5) is 18.6. The molecule has 1 amide bonds. The fourth-order valence-electron chi connectivity index (χ4n) is 2.50. The third kappa shape index (κ3) is 5.59. The third-order valence-corrected chi connectivity index (χ3v) is 4.35. The average molecular weight is 382 g/mol. The van der Waals surface area contributed by atoms with Gasteiger partial charge in [-0.3, -0.25) is 9.78 Å². The molecule has 140 valence electrons. The highest BCUT2D eigenvalue weighted by Crippen LogP contribution is 2.17. The maximum absolute atomic E-state index is 12.8. The van der Waals surface area contributed by atoms with Gasteiger partial charge in [-0.05, 0) is 41.3 Å². The van der Waals surface area contributed by atoms with Crippen molar-refractivity contribution >= 4 is 17.6 Å². The Morgan fingerprint density at radius 2 is 1.74 bits per heavy atom. The van der Waals surface area contributed by atoms with Gasteiger partial charge in [-0.25, -0.2) is 0 Å². The first kappa shape index (κ1) is 19.0. The van der Waals surface area contributed by atoms with Crippen LogP contribution in [0.4, 0.5) is 0 Å². The van der Waals surface area contributed by atoms with Crippen molar-refractivity contribution in [3.05, 3.63) is 71.8 Å². The quantitative estimate of drug-likeness (QED) is 0.593. The van der Waals surface area contributed by atoms with Gasteiger partial charge in [0.25, 0.3) is 5.91 Å². The maximum Gasteiger partial charge on any atom is 0.275 e. The Kier molecular flexibility index (Phi) is 6.49. The summed E-state index contributed by atoms with van der Waals surface area (Å²) in [7, 11) is 0. The molecule has 0 fully saturated rings. The minimum absolute atomic E-state index is 0.138. The fraction of sp³-hybridized carbons (Fsp3) is 0.300. The van der Waals surface area contributed by atoms with Gasteiger partial charge in [-0.15, -0.1) is 0 Å². The molecule has 0 radical (unpaired) electrons. The summed E-state index contributed by atoms with van der Waals surface area (Å²) in [5.74, 6) is 1.17. The lowest BCUT2D eigenvalue weighted by Crippen LogP contribution is -2.30. The monoisotopic (exact) mass is 382 g/mol. The van der Waals surface area contributed by atoms with E-state index in [0.717, 1.165) is 28.6 Å². The minimum atomic E-state index is -0.138. The molecular formula is C20H22N4O2S. The van der Waals surface area contributed by atoms with Gasteiger partial charge in [-0.1, -0.05) is 26.0 Å². The van der Waals surface area contributed by atoms with E-state index in [1.807, 2.05) is 36.4 Å². The lowest BCUT2D eigenvalue weighted by atomic mass is 10.1. The molecule has 0 saturated carbocycles. The first-order valence-electron chi connectivity index (χ1n) is 8.79. The molecule has 3 aromatic rings. The molecule has 0 aliphatic carbocycles. The van der Waals surface area contributed by atoms with Crippen LogP contribution in [0.5, 0.6) is 5.75 Å². The summed E-state index contributed by atoms with van der Waals surface area (Å²) in [5, 5.41) is 0. The lowest BCUT2D eigenvalue weighted by Gasteiger charge is -2.22. The summed E-state index contributed by atoms with van der Waals surface area (Å²) >= 11 is 1.03. The summed E-state index contributed by atoms with van der Waals surface area (Å²) in [6.45, 7) is 5.87. The predicted octanol–water partition coefficient (Wildman–Crippen LogP) is 3.81. The van der Waals surface area contributed by atoms with Gasteiger partial charge in [-0.2, -0.15) is 8.75 Å². The van der Waals surface area contributed by atoms with Gasteiger partial charge >= 0.3 is 0 Å². The lowest BCUT2D eigenvalue weighted by molar-refractivity contribution is 0.0725. The van der Waals surface area contributed by atoms with Crippen LogP contribution in [0, 0.1) is 5.92 Å². The van der Waals surface area contributed by atoms with Gasteiger partial charge in [0.15, 0.2) is 5.69 Å². The molecule has 0 bridgehead atoms. The molecule has 1 aromatic carbocycles. The van der Waals surface area contributed by atoms with Crippen LogP contribution in [0.25, 0.3) is 0 Å². The van der Waals surface area contributed by atoms with Crippen molar-refractivity contribution < 1.29 is 9.53 Å². The van der Waals surface area contributed by atoms with Crippen LogP contribution in [0.15, 0.2) is 55.0 Å². The number of hydrogen-bond acceptors (Lipinski definition) is 6. The minimum Gasteiger partial charge on any atom is -0.493 e. The Labute approximate surface area is 163 Å². The first-order valence-corrected chi connectivity index (χ1v) is 9.52. The largest absolute Gasteiger partial charge is 0.493 e. The van der Waals surface area contributed by atoms with E-state index in [0.29, 0.717) is 31.3 Å². The van der Waals surface area contributed by atoms with Crippen molar-refractivity contribution in [2.75, 3.05) is 6.61 Å². The zero-order chi connectivity index (χ0) is 19.1. The van der Waals surface area contributed by atoms with Crippen molar-refractivity contribution in [1.29, 1.82) is 0 Å². The van der Waals surface area contributed by atoms with E-state index in [1.165, 1.54) is 6.20 Å². The smallest absolute Gasteiger partial charge is 0.275 e. The van der Waals surface area contributed by atoms with Gasteiger partial charge in [0.05, 0.1) is 24.5 Å². The second-order valence-corrected chi connectivity index (χ2v) is 7.21. The second kappa shape index (κ2) is 9.23. The molecule has 0 aliphatic heterocycles. The number of nitrogens with zero attached hydrogens (tertiary/aromatic N) is 4. The average Bonchev–Trinajstić information content (AvgIpc) is 3.22. The van der Waals surface area contributed by atoms with Crippen LogP contribution in [0.2, 0.25) is 0 Å². The topological polar surface area (TPSA) is 68.2 Å². The van der Waals surface area contributed by atoms with E-state index >= 15 is 0 Å². The number of ether oxygens (including phenoxy) is 1. The third-order valence-electron chi connectivity index (χ3n) is 3.87. The van der Waals surface area contributed by atoms with Crippen LogP contribution < -0.4 is 4.74 Å². The molecule has 6 nitrogen and oxygen atoms in total. The molecule has 7 heteroatoms. The zero-order valence-electron chi connectivity index (χ0n) is 15.4. The number of benzene rings is 1. The molecule has 27 heavy (non-hydrogen) atoms. The Balaban J connectivity index is 1.73. The van der Waals surface area contributed by atoms with Crippen molar-refractivity contribution in [3.8, 4) is 5.75 Å². The SMILES string of the molecule is CC(C)COc1ccc(CN(Cc2ccncc2)C(=O)c2cnsn2)cc1. The van der Waals surface area contributed by atoms with Crippen LogP contribution in [0.1, 0.15) is 35.5 Å². The van der Waals surface area contributed by atoms with Crippen LogP contribution in [0.3, 0.4) is 0 Å². The highest BCUT2D eigenvalue weighted by molar-refractivity contribution is 6.99. The van der Waals surface area contributed by atoms with Crippen LogP contribution >= 0.6 is 11.7 Å². The number of rotatable bonds is 8. The molecule has 0 saturated heterocycles. The summed E-state index contributed by atoms with van der Waals surface area (Å²) in [6, 6.07) is 11.7. The van der Waals surface area contributed by atoms with Crippen LogP contribution in [-0.2, 0) is 13.1 Å². The van der Waals surface area contributed by atoms with Crippen molar-refractivity contribution in [2.45, 2.75) is 26.9 Å². The van der Waals surface area contributed by atoms with Crippen molar-refractivity contribution in [3.63, 3.8) is 0 Å². The first-order chi connectivity index (χ1) is 13.1. The van der Waals surface area contributed by atoms with Crippen LogP contribution in [-0.4, -0.2) is 31.1 Å². The van der Waals surface area contributed by atoms with E-state index in [9.17, 15) is 4.79 Å². The number of pyridine rings is 1. The Morgan fingerprint density at radius 3 is 2.33 bits per heavy atom. The normalized spacial score (nSPS) is 10.8. The van der Waals surface area contributed by atoms with Gasteiger partial charge in [0, 0.05) is 25.5 Å². The molecule has 0 unspecified atom stereocenters. The van der Waals surface area contributed by atoms with E-state index in [1.54, 1.807) is 17.3 Å². The molecule has 0 N–H and O–H groups in total.